The Morgan fingerprint density at radius 3 is 2.33 bits per heavy atom. The van der Waals surface area contributed by atoms with Crippen molar-refractivity contribution in [1.29, 1.82) is 0 Å². The molecule has 3 rings (SSSR count). The van der Waals surface area contributed by atoms with Crippen molar-refractivity contribution in [3.63, 3.8) is 0 Å². The summed E-state index contributed by atoms with van der Waals surface area (Å²) in [6, 6.07) is 18.7. The van der Waals surface area contributed by atoms with E-state index in [1.54, 1.807) is 0 Å². The van der Waals surface area contributed by atoms with Gasteiger partial charge in [0, 0.05) is 19.3 Å². The molecule has 1 aliphatic rings. The van der Waals surface area contributed by atoms with E-state index < -0.39 is 0 Å². The zero-order valence-corrected chi connectivity index (χ0v) is 14.3. The maximum absolute atomic E-state index is 5.74. The van der Waals surface area contributed by atoms with Crippen LogP contribution >= 0.6 is 0 Å². The first-order chi connectivity index (χ1) is 11.7. The highest BCUT2D eigenvalue weighted by atomic mass is 16.5. The molecule has 2 aromatic rings. The van der Waals surface area contributed by atoms with Crippen molar-refractivity contribution in [3.8, 4) is 5.75 Å². The third-order valence-electron chi connectivity index (χ3n) is 3.61. The zero-order chi connectivity index (χ0) is 17.2. The van der Waals surface area contributed by atoms with Crippen LogP contribution in [0.25, 0.3) is 0 Å². The molecule has 5 nitrogen and oxygen atoms in total. The van der Waals surface area contributed by atoms with Gasteiger partial charge in [-0.25, -0.2) is 4.99 Å². The van der Waals surface area contributed by atoms with Crippen LogP contribution in [0.4, 0.5) is 5.69 Å². The summed E-state index contributed by atoms with van der Waals surface area (Å²) in [5.74, 6) is 0.909. The van der Waals surface area contributed by atoms with Gasteiger partial charge in [0.2, 0.25) is 0 Å². The van der Waals surface area contributed by atoms with Crippen molar-refractivity contribution in [3.05, 3.63) is 60.2 Å². The molecule has 0 atom stereocenters. The maximum Gasteiger partial charge on any atom is 0.282 e. The van der Waals surface area contributed by atoms with E-state index in [-0.39, 0.29) is 0 Å². The predicted molar refractivity (Wildman–Crippen MR) is 98.6 cm³/mol. The van der Waals surface area contributed by atoms with Crippen molar-refractivity contribution in [2.24, 2.45) is 10.7 Å². The van der Waals surface area contributed by atoms with E-state index in [4.69, 9.17) is 10.5 Å². The first kappa shape index (κ1) is 17.7. The Bertz CT molecular complexity index is 627. The lowest BCUT2D eigenvalue weighted by Crippen LogP contribution is -2.15. The average Bonchev–Trinajstić information content (AvgIpc) is 3.12. The van der Waals surface area contributed by atoms with E-state index in [9.17, 15) is 0 Å². The van der Waals surface area contributed by atoms with Crippen molar-refractivity contribution in [2.75, 3.05) is 31.6 Å². The molecule has 0 fully saturated rings. The summed E-state index contributed by atoms with van der Waals surface area (Å²) < 4.78 is 10.4. The summed E-state index contributed by atoms with van der Waals surface area (Å²) >= 11 is 0. The lowest BCUT2D eigenvalue weighted by Gasteiger charge is -2.17. The van der Waals surface area contributed by atoms with E-state index in [2.05, 4.69) is 52.9 Å². The molecular weight excluding hydrogens is 302 g/mol. The number of rotatable bonds is 5. The molecule has 0 saturated carbocycles. The minimum atomic E-state index is 0.329. The fraction of sp³-hybridized carbons (Fsp3) is 0.316. The molecule has 0 bridgehead atoms. The van der Waals surface area contributed by atoms with Crippen molar-refractivity contribution < 1.29 is 9.47 Å². The number of hydrogen-bond acceptors (Lipinski definition) is 5. The molecule has 0 unspecified atom stereocenters. The molecule has 0 radical (unpaired) electrons. The van der Waals surface area contributed by atoms with Crippen LogP contribution in [0.5, 0.6) is 5.75 Å². The molecule has 0 amide bonds. The highest BCUT2D eigenvalue weighted by Gasteiger charge is 1.99. The van der Waals surface area contributed by atoms with Gasteiger partial charge in [-0.3, -0.25) is 0 Å². The van der Waals surface area contributed by atoms with E-state index in [1.165, 1.54) is 11.3 Å². The summed E-state index contributed by atoms with van der Waals surface area (Å²) in [5, 5.41) is 0. The molecule has 2 aromatic carbocycles. The number of nitrogens with two attached hydrogens (primary N) is 1. The van der Waals surface area contributed by atoms with Crippen LogP contribution < -0.4 is 15.4 Å². The third kappa shape index (κ3) is 5.83. The fourth-order valence-electron chi connectivity index (χ4n) is 2.07. The molecular formula is C19H25N3O2. The molecule has 0 saturated heterocycles. The Labute approximate surface area is 143 Å². The minimum Gasteiger partial charge on any atom is -0.489 e. The molecule has 2 N–H and O–H groups in total. The van der Waals surface area contributed by atoms with Gasteiger partial charge in [0.05, 0.1) is 6.54 Å². The Balaban J connectivity index is 0.000000292. The summed E-state index contributed by atoms with van der Waals surface area (Å²) in [7, 11) is 2.08. The van der Waals surface area contributed by atoms with Crippen LogP contribution in [0.15, 0.2) is 59.6 Å². The number of benzene rings is 2. The zero-order valence-electron chi connectivity index (χ0n) is 14.3. The monoisotopic (exact) mass is 327 g/mol. The average molecular weight is 327 g/mol. The number of hydrogen-bond donors (Lipinski definition) is 1. The Morgan fingerprint density at radius 2 is 1.83 bits per heavy atom. The normalized spacial score (nSPS) is 12.5. The number of anilines is 1. The summed E-state index contributed by atoms with van der Waals surface area (Å²) in [5.41, 5.74) is 7.46. The van der Waals surface area contributed by atoms with E-state index in [1.807, 2.05) is 30.3 Å². The number of aliphatic imine (C=N–C) groups is 1. The van der Waals surface area contributed by atoms with Crippen molar-refractivity contribution in [2.45, 2.75) is 13.5 Å². The highest BCUT2D eigenvalue weighted by molar-refractivity contribution is 5.72. The van der Waals surface area contributed by atoms with Crippen LogP contribution in [-0.4, -0.2) is 32.8 Å². The first-order valence-electron chi connectivity index (χ1n) is 8.09. The molecule has 1 heterocycles. The van der Waals surface area contributed by atoms with Crippen LogP contribution in [0.3, 0.4) is 0 Å². The highest BCUT2D eigenvalue weighted by Crippen LogP contribution is 2.19. The van der Waals surface area contributed by atoms with Crippen LogP contribution in [-0.2, 0) is 11.3 Å². The molecule has 0 aliphatic carbocycles. The van der Waals surface area contributed by atoms with Crippen LogP contribution in [0.2, 0.25) is 0 Å². The Morgan fingerprint density at radius 1 is 1.12 bits per heavy atom. The first-order valence-corrected chi connectivity index (χ1v) is 8.09. The van der Waals surface area contributed by atoms with Crippen LogP contribution in [0, 0.1) is 0 Å². The SMILES string of the molecule is CCN(C)c1ccc(OCc2ccccc2)cc1.NC1=NCCO1. The summed E-state index contributed by atoms with van der Waals surface area (Å²) in [6.45, 7) is 5.14. The molecule has 24 heavy (non-hydrogen) atoms. The van der Waals surface area contributed by atoms with Crippen molar-refractivity contribution in [1.82, 2.24) is 0 Å². The van der Waals surface area contributed by atoms with Gasteiger partial charge >= 0.3 is 0 Å². The van der Waals surface area contributed by atoms with Gasteiger partial charge in [-0.1, -0.05) is 30.3 Å². The smallest absolute Gasteiger partial charge is 0.282 e. The topological polar surface area (TPSA) is 60.1 Å². The van der Waals surface area contributed by atoms with Gasteiger partial charge in [-0.05, 0) is 36.8 Å². The lowest BCUT2D eigenvalue weighted by molar-refractivity contribution is 0.306. The van der Waals surface area contributed by atoms with Gasteiger partial charge in [-0.15, -0.1) is 0 Å². The number of ether oxygens (including phenoxy) is 2. The van der Waals surface area contributed by atoms with E-state index in [0.29, 0.717) is 19.2 Å². The quantitative estimate of drug-likeness (QED) is 0.917. The predicted octanol–water partition coefficient (Wildman–Crippen LogP) is 3.05. The molecule has 0 aromatic heterocycles. The second-order valence-electron chi connectivity index (χ2n) is 5.35. The Hall–Kier alpha value is -2.69. The van der Waals surface area contributed by atoms with Gasteiger partial charge in [0.25, 0.3) is 6.02 Å². The minimum absolute atomic E-state index is 0.329. The van der Waals surface area contributed by atoms with Crippen molar-refractivity contribution >= 4 is 11.7 Å². The molecule has 5 heteroatoms. The molecule has 128 valence electrons. The van der Waals surface area contributed by atoms with Crippen LogP contribution in [0.1, 0.15) is 12.5 Å². The third-order valence-corrected chi connectivity index (χ3v) is 3.61. The standard InChI is InChI=1S/C16H19NO.C3H6N2O/c1-3-17(2)15-9-11-16(12-10-15)18-13-14-7-5-4-6-8-14;4-3-5-1-2-6-3/h4-12H,3,13H2,1-2H3;1-2H2,(H2,4,5). The Kier molecular flexibility index (Phi) is 6.95. The van der Waals surface area contributed by atoms with Gasteiger partial charge < -0.3 is 20.1 Å². The van der Waals surface area contributed by atoms with E-state index >= 15 is 0 Å². The molecule has 1 aliphatic heterocycles. The fourth-order valence-corrected chi connectivity index (χ4v) is 2.07. The maximum atomic E-state index is 5.74. The van der Waals surface area contributed by atoms with Gasteiger partial charge in [0.1, 0.15) is 19.0 Å². The number of amidine groups is 1. The second kappa shape index (κ2) is 9.45. The number of nitrogens with zero attached hydrogens (tertiary/aromatic N) is 2. The van der Waals surface area contributed by atoms with Gasteiger partial charge in [-0.2, -0.15) is 0 Å². The lowest BCUT2D eigenvalue weighted by atomic mass is 10.2. The largest absolute Gasteiger partial charge is 0.489 e. The van der Waals surface area contributed by atoms with E-state index in [0.717, 1.165) is 18.8 Å². The second-order valence-corrected chi connectivity index (χ2v) is 5.35. The summed E-state index contributed by atoms with van der Waals surface area (Å²) in [6.07, 6.45) is 0. The summed E-state index contributed by atoms with van der Waals surface area (Å²) in [4.78, 5) is 5.90. The molecule has 0 spiro atoms. The van der Waals surface area contributed by atoms with Gasteiger partial charge in [0.15, 0.2) is 0 Å².